The van der Waals surface area contributed by atoms with Crippen LogP contribution >= 0.6 is 27.7 Å². The van der Waals surface area contributed by atoms with Crippen molar-refractivity contribution >= 4 is 45.0 Å². The molecule has 7 nitrogen and oxygen atoms in total. The maximum atomic E-state index is 12.4. The van der Waals surface area contributed by atoms with Crippen molar-refractivity contribution in [2.24, 2.45) is 0 Å². The molecule has 1 aliphatic heterocycles. The van der Waals surface area contributed by atoms with Crippen molar-refractivity contribution in [3.05, 3.63) is 53.0 Å². The number of thioether (sulfide) groups is 1. The van der Waals surface area contributed by atoms with Crippen LogP contribution in [-0.2, 0) is 4.79 Å². The fourth-order valence-corrected chi connectivity index (χ4v) is 5.90. The molecule has 2 aromatic carbocycles. The first-order chi connectivity index (χ1) is 17.2. The molecular formula is C26H30BrN5O2S. The lowest BCUT2D eigenvalue weighted by Gasteiger charge is -2.41. The number of hydrogen-bond donors (Lipinski definition) is 1. The third kappa shape index (κ3) is 6.26. The molecule has 2 aliphatic rings. The summed E-state index contributed by atoms with van der Waals surface area (Å²) >= 11 is 4.71. The molecule has 35 heavy (non-hydrogen) atoms. The predicted octanol–water partition coefficient (Wildman–Crippen LogP) is 5.68. The van der Waals surface area contributed by atoms with Crippen molar-refractivity contribution < 1.29 is 9.21 Å². The van der Waals surface area contributed by atoms with E-state index >= 15 is 0 Å². The van der Waals surface area contributed by atoms with Gasteiger partial charge in [0.25, 0.3) is 5.22 Å². The van der Waals surface area contributed by atoms with Crippen LogP contribution in [0.5, 0.6) is 0 Å². The highest BCUT2D eigenvalue weighted by Crippen LogP contribution is 2.29. The number of halogens is 1. The van der Waals surface area contributed by atoms with Gasteiger partial charge in [-0.2, -0.15) is 0 Å². The van der Waals surface area contributed by atoms with Crippen molar-refractivity contribution in [2.75, 3.05) is 42.1 Å². The summed E-state index contributed by atoms with van der Waals surface area (Å²) in [7, 11) is 0. The lowest BCUT2D eigenvalue weighted by atomic mass is 9.94. The van der Waals surface area contributed by atoms with Crippen LogP contribution in [-0.4, -0.2) is 59.0 Å². The molecule has 5 rings (SSSR count). The lowest BCUT2D eigenvalue weighted by Crippen LogP contribution is -2.50. The number of carbonyl (C=O) groups excluding carboxylic acids is 1. The SMILES string of the molecule is O=C(CSc1nnc(-c2ccccc2Br)o1)Nc1ccc(N2CCN(C3CCCCC3)CC2)cc1. The van der Waals surface area contributed by atoms with Gasteiger partial charge in [-0.05, 0) is 65.2 Å². The van der Waals surface area contributed by atoms with E-state index in [1.807, 2.05) is 36.4 Å². The summed E-state index contributed by atoms with van der Waals surface area (Å²) in [5.41, 5.74) is 2.83. The van der Waals surface area contributed by atoms with Crippen LogP contribution in [0, 0.1) is 0 Å². The van der Waals surface area contributed by atoms with E-state index in [0.29, 0.717) is 11.1 Å². The highest BCUT2D eigenvalue weighted by molar-refractivity contribution is 9.10. The van der Waals surface area contributed by atoms with Crippen LogP contribution < -0.4 is 10.2 Å². The smallest absolute Gasteiger partial charge is 0.277 e. The van der Waals surface area contributed by atoms with Crippen LogP contribution in [0.3, 0.4) is 0 Å². The molecule has 1 aliphatic carbocycles. The predicted molar refractivity (Wildman–Crippen MR) is 144 cm³/mol. The number of anilines is 2. The Labute approximate surface area is 218 Å². The van der Waals surface area contributed by atoms with Crippen molar-refractivity contribution in [1.82, 2.24) is 15.1 Å². The molecular weight excluding hydrogens is 526 g/mol. The Hall–Kier alpha value is -2.36. The van der Waals surface area contributed by atoms with E-state index in [4.69, 9.17) is 4.42 Å². The minimum atomic E-state index is -0.107. The maximum Gasteiger partial charge on any atom is 0.277 e. The van der Waals surface area contributed by atoms with Crippen LogP contribution in [0.2, 0.25) is 0 Å². The van der Waals surface area contributed by atoms with Gasteiger partial charge in [0.1, 0.15) is 0 Å². The number of rotatable bonds is 7. The molecule has 1 amide bonds. The number of nitrogens with one attached hydrogen (secondary N) is 1. The van der Waals surface area contributed by atoms with E-state index in [9.17, 15) is 4.79 Å². The number of hydrogen-bond acceptors (Lipinski definition) is 7. The molecule has 1 aromatic heterocycles. The van der Waals surface area contributed by atoms with Crippen LogP contribution in [0.1, 0.15) is 32.1 Å². The average molecular weight is 557 g/mol. The highest BCUT2D eigenvalue weighted by Gasteiger charge is 2.25. The minimum absolute atomic E-state index is 0.107. The largest absolute Gasteiger partial charge is 0.411 e. The normalized spacial score (nSPS) is 17.5. The van der Waals surface area contributed by atoms with E-state index in [-0.39, 0.29) is 11.7 Å². The molecule has 0 radical (unpaired) electrons. The molecule has 3 aromatic rings. The Kier molecular flexibility index (Phi) is 8.06. The van der Waals surface area contributed by atoms with Crippen molar-refractivity contribution in [3.63, 3.8) is 0 Å². The van der Waals surface area contributed by atoms with Gasteiger partial charge in [0.05, 0.1) is 11.3 Å². The van der Waals surface area contributed by atoms with Crippen LogP contribution in [0.15, 0.2) is 62.6 Å². The van der Waals surface area contributed by atoms with E-state index < -0.39 is 0 Å². The monoisotopic (exact) mass is 555 g/mol. The van der Waals surface area contributed by atoms with Gasteiger partial charge >= 0.3 is 0 Å². The molecule has 2 fully saturated rings. The van der Waals surface area contributed by atoms with E-state index in [2.05, 4.69) is 53.4 Å². The number of amides is 1. The summed E-state index contributed by atoms with van der Waals surface area (Å²) < 4.78 is 6.58. The van der Waals surface area contributed by atoms with Gasteiger partial charge in [-0.25, -0.2) is 0 Å². The summed E-state index contributed by atoms with van der Waals surface area (Å²) in [6.07, 6.45) is 6.91. The molecule has 9 heteroatoms. The number of piperazine rings is 1. The summed E-state index contributed by atoms with van der Waals surface area (Å²) in [5.74, 6) is 0.516. The van der Waals surface area contributed by atoms with E-state index in [0.717, 1.165) is 47.9 Å². The Morgan fingerprint density at radius 3 is 2.49 bits per heavy atom. The molecule has 0 bridgehead atoms. The first kappa shape index (κ1) is 24.3. The molecule has 2 heterocycles. The van der Waals surface area contributed by atoms with Gasteiger partial charge in [0.2, 0.25) is 11.8 Å². The standard InChI is InChI=1S/C26H30BrN5O2S/c27-23-9-5-4-8-22(23)25-29-30-26(34-25)35-18-24(33)28-19-10-12-21(13-11-19)32-16-14-31(15-17-32)20-6-2-1-3-7-20/h4-5,8-13,20H,1-3,6-7,14-18H2,(H,28,33). The van der Waals surface area contributed by atoms with Crippen molar-refractivity contribution in [3.8, 4) is 11.5 Å². The number of carbonyl (C=O) groups is 1. The lowest BCUT2D eigenvalue weighted by molar-refractivity contribution is -0.113. The minimum Gasteiger partial charge on any atom is -0.411 e. The van der Waals surface area contributed by atoms with E-state index in [1.54, 1.807) is 0 Å². The Bertz CT molecular complexity index is 1120. The summed E-state index contributed by atoms with van der Waals surface area (Å²) in [4.78, 5) is 17.6. The third-order valence-corrected chi connectivity index (χ3v) is 8.27. The topological polar surface area (TPSA) is 74.5 Å². The zero-order chi connectivity index (χ0) is 24.0. The van der Waals surface area contributed by atoms with Gasteiger partial charge in [-0.3, -0.25) is 9.69 Å². The average Bonchev–Trinajstić information content (AvgIpc) is 3.38. The quantitative estimate of drug-likeness (QED) is 0.375. The number of nitrogens with zero attached hydrogens (tertiary/aromatic N) is 4. The summed E-state index contributed by atoms with van der Waals surface area (Å²) in [6.45, 7) is 4.40. The third-order valence-electron chi connectivity index (χ3n) is 6.76. The second-order valence-electron chi connectivity index (χ2n) is 9.05. The molecule has 0 spiro atoms. The molecule has 1 saturated carbocycles. The maximum absolute atomic E-state index is 12.4. The van der Waals surface area contributed by atoms with Gasteiger partial charge < -0.3 is 14.6 Å². The number of aromatic nitrogens is 2. The van der Waals surface area contributed by atoms with Gasteiger partial charge in [0, 0.05) is 48.1 Å². The van der Waals surface area contributed by atoms with Crippen LogP contribution in [0.4, 0.5) is 11.4 Å². The highest BCUT2D eigenvalue weighted by atomic mass is 79.9. The summed E-state index contributed by atoms with van der Waals surface area (Å²) in [5, 5.41) is 11.5. The molecule has 184 valence electrons. The molecule has 1 saturated heterocycles. The second kappa shape index (κ2) is 11.6. The van der Waals surface area contributed by atoms with E-state index in [1.165, 1.54) is 49.6 Å². The second-order valence-corrected chi connectivity index (χ2v) is 10.8. The van der Waals surface area contributed by atoms with Gasteiger partial charge in [0.15, 0.2) is 0 Å². The molecule has 0 unspecified atom stereocenters. The first-order valence-electron chi connectivity index (χ1n) is 12.3. The van der Waals surface area contributed by atoms with Gasteiger partial charge in [-0.1, -0.05) is 43.2 Å². The summed E-state index contributed by atoms with van der Waals surface area (Å²) in [6, 6.07) is 16.6. The zero-order valence-electron chi connectivity index (χ0n) is 19.7. The van der Waals surface area contributed by atoms with Crippen LogP contribution in [0.25, 0.3) is 11.5 Å². The van der Waals surface area contributed by atoms with Gasteiger partial charge in [-0.15, -0.1) is 10.2 Å². The van der Waals surface area contributed by atoms with Crippen molar-refractivity contribution in [1.29, 1.82) is 0 Å². The van der Waals surface area contributed by atoms with Crippen molar-refractivity contribution in [2.45, 2.75) is 43.4 Å². The Morgan fingerprint density at radius 1 is 1.00 bits per heavy atom. The first-order valence-corrected chi connectivity index (χ1v) is 14.0. The molecule has 0 atom stereocenters. The molecule has 1 N–H and O–H groups in total. The Balaban J connectivity index is 1.08. The number of benzene rings is 2. The zero-order valence-corrected chi connectivity index (χ0v) is 22.1. The fraction of sp³-hybridized carbons (Fsp3) is 0.423. The Morgan fingerprint density at radius 2 is 1.74 bits per heavy atom. The fourth-order valence-electron chi connectivity index (χ4n) is 4.88.